The highest BCUT2D eigenvalue weighted by molar-refractivity contribution is 6.15. The van der Waals surface area contributed by atoms with Gasteiger partial charge in [0.2, 0.25) is 11.5 Å². The predicted octanol–water partition coefficient (Wildman–Crippen LogP) is 4.82. The average Bonchev–Trinajstić information content (AvgIpc) is 3.20. The molecule has 0 atom stereocenters. The first-order valence-corrected chi connectivity index (χ1v) is 11.0. The van der Waals surface area contributed by atoms with Crippen molar-refractivity contribution < 1.29 is 32.9 Å². The number of Topliss-reactive ketones (excluding diaryl/α,β-unsaturated/α-hetero) is 1. The molecule has 0 amide bonds. The third kappa shape index (κ3) is 4.17. The van der Waals surface area contributed by atoms with Gasteiger partial charge in [-0.2, -0.15) is 0 Å². The maximum absolute atomic E-state index is 13.3. The van der Waals surface area contributed by atoms with Gasteiger partial charge in [0.05, 0.1) is 32.5 Å². The number of halogens is 1. The number of benzene rings is 3. The van der Waals surface area contributed by atoms with E-state index in [9.17, 15) is 9.18 Å². The van der Waals surface area contributed by atoms with Crippen LogP contribution in [-0.2, 0) is 13.1 Å². The molecule has 0 saturated heterocycles. The summed E-state index contributed by atoms with van der Waals surface area (Å²) in [4.78, 5) is 15.2. The highest BCUT2D eigenvalue weighted by Gasteiger charge is 2.34. The van der Waals surface area contributed by atoms with E-state index in [4.69, 9.17) is 23.7 Å². The third-order valence-electron chi connectivity index (χ3n) is 6.02. The smallest absolute Gasteiger partial charge is 0.231 e. The zero-order valence-corrected chi connectivity index (χ0v) is 19.6. The van der Waals surface area contributed by atoms with Crippen LogP contribution >= 0.6 is 0 Å². The van der Waals surface area contributed by atoms with Gasteiger partial charge in [-0.05, 0) is 48.0 Å². The number of ketones is 1. The largest absolute Gasteiger partial charge is 0.493 e. The molecule has 35 heavy (non-hydrogen) atoms. The topological polar surface area (TPSA) is 66.5 Å². The van der Waals surface area contributed by atoms with Crippen molar-refractivity contribution in [1.29, 1.82) is 0 Å². The van der Waals surface area contributed by atoms with Crippen LogP contribution in [0.5, 0.6) is 28.7 Å². The molecule has 0 spiro atoms. The van der Waals surface area contributed by atoms with Crippen LogP contribution in [0, 0.1) is 5.82 Å². The molecule has 0 radical (unpaired) electrons. The SMILES string of the molecule is COc1ccc(/C=C2\Oc3c(ccc4c3CN(Cc3ccc(F)cc3)CO4)C2=O)c(OC)c1OC. The number of hydrogen-bond acceptors (Lipinski definition) is 7. The van der Waals surface area contributed by atoms with Crippen LogP contribution in [0.3, 0.4) is 0 Å². The van der Waals surface area contributed by atoms with Gasteiger partial charge in [0.25, 0.3) is 0 Å². The Bertz CT molecular complexity index is 1320. The fraction of sp³-hybridized carbons (Fsp3) is 0.222. The highest BCUT2D eigenvalue weighted by atomic mass is 19.1. The Hall–Kier alpha value is -4.04. The van der Waals surface area contributed by atoms with Crippen molar-refractivity contribution in [1.82, 2.24) is 4.90 Å². The number of carbonyl (C=O) groups excluding carboxylic acids is 1. The molecule has 0 unspecified atom stereocenters. The lowest BCUT2D eigenvalue weighted by atomic mass is 10.0. The summed E-state index contributed by atoms with van der Waals surface area (Å²) in [6.45, 7) is 1.47. The number of allylic oxidation sites excluding steroid dienone is 1. The Morgan fingerprint density at radius 1 is 0.971 bits per heavy atom. The molecule has 0 aromatic heterocycles. The summed E-state index contributed by atoms with van der Waals surface area (Å²) in [5.74, 6) is 2.21. The van der Waals surface area contributed by atoms with Crippen LogP contribution in [-0.4, -0.2) is 38.7 Å². The summed E-state index contributed by atoms with van der Waals surface area (Å²) < 4.78 is 41.6. The fourth-order valence-electron chi connectivity index (χ4n) is 4.33. The molecule has 0 saturated carbocycles. The molecule has 3 aromatic carbocycles. The Morgan fingerprint density at radius 2 is 1.74 bits per heavy atom. The lowest BCUT2D eigenvalue weighted by Gasteiger charge is -2.29. The van der Waals surface area contributed by atoms with Crippen molar-refractivity contribution in [3.05, 3.63) is 82.4 Å². The summed E-state index contributed by atoms with van der Waals surface area (Å²) in [7, 11) is 4.59. The first kappa shape index (κ1) is 22.7. The summed E-state index contributed by atoms with van der Waals surface area (Å²) in [5.41, 5.74) is 2.85. The van der Waals surface area contributed by atoms with E-state index < -0.39 is 0 Å². The number of carbonyl (C=O) groups is 1. The fourth-order valence-corrected chi connectivity index (χ4v) is 4.33. The van der Waals surface area contributed by atoms with Gasteiger partial charge in [-0.1, -0.05) is 12.1 Å². The highest BCUT2D eigenvalue weighted by Crippen LogP contribution is 2.44. The lowest BCUT2D eigenvalue weighted by molar-refractivity contribution is 0.0872. The van der Waals surface area contributed by atoms with Crippen molar-refractivity contribution in [2.24, 2.45) is 0 Å². The van der Waals surface area contributed by atoms with Crippen LogP contribution in [0.2, 0.25) is 0 Å². The molecule has 0 N–H and O–H groups in total. The summed E-state index contributed by atoms with van der Waals surface area (Å²) in [6, 6.07) is 13.4. The lowest BCUT2D eigenvalue weighted by Crippen LogP contribution is -2.31. The number of fused-ring (bicyclic) bond motifs is 3. The van der Waals surface area contributed by atoms with Gasteiger partial charge >= 0.3 is 0 Å². The molecule has 0 fully saturated rings. The van der Waals surface area contributed by atoms with E-state index in [1.54, 1.807) is 49.6 Å². The monoisotopic (exact) mass is 477 g/mol. The minimum Gasteiger partial charge on any atom is -0.493 e. The van der Waals surface area contributed by atoms with Crippen LogP contribution in [0.4, 0.5) is 4.39 Å². The van der Waals surface area contributed by atoms with E-state index in [0.29, 0.717) is 59.7 Å². The van der Waals surface area contributed by atoms with E-state index in [2.05, 4.69) is 4.90 Å². The normalized spacial score (nSPS) is 15.8. The molecule has 8 heteroatoms. The zero-order valence-electron chi connectivity index (χ0n) is 19.6. The van der Waals surface area contributed by atoms with Gasteiger partial charge in [0, 0.05) is 18.7 Å². The van der Waals surface area contributed by atoms with Crippen molar-refractivity contribution in [2.45, 2.75) is 13.1 Å². The second-order valence-electron chi connectivity index (χ2n) is 8.17. The first-order valence-electron chi connectivity index (χ1n) is 11.0. The van der Waals surface area contributed by atoms with Crippen LogP contribution in [0.25, 0.3) is 6.08 Å². The standard InChI is InChI=1S/C27H24FNO6/c1-31-22-10-6-17(25(32-2)27(22)33-3)12-23-24(30)19-9-11-21-20(26(19)35-23)14-29(15-34-21)13-16-4-7-18(28)8-5-16/h4-12H,13-15H2,1-3H3/b23-12-. The van der Waals surface area contributed by atoms with Crippen LogP contribution < -0.4 is 23.7 Å². The van der Waals surface area contributed by atoms with Gasteiger partial charge < -0.3 is 23.7 Å². The van der Waals surface area contributed by atoms with Gasteiger partial charge in [-0.25, -0.2) is 4.39 Å². The first-order chi connectivity index (χ1) is 17.0. The van der Waals surface area contributed by atoms with E-state index >= 15 is 0 Å². The summed E-state index contributed by atoms with van der Waals surface area (Å²) >= 11 is 0. The Labute approximate surface area is 202 Å². The van der Waals surface area contributed by atoms with E-state index in [1.807, 2.05) is 0 Å². The van der Waals surface area contributed by atoms with Crippen LogP contribution in [0.15, 0.2) is 54.3 Å². The van der Waals surface area contributed by atoms with E-state index in [-0.39, 0.29) is 17.4 Å². The number of rotatable bonds is 6. The minimum atomic E-state index is -0.274. The molecule has 180 valence electrons. The molecule has 3 aromatic rings. The number of methoxy groups -OCH3 is 3. The molecule has 7 nitrogen and oxygen atoms in total. The average molecular weight is 477 g/mol. The van der Waals surface area contributed by atoms with E-state index in [0.717, 1.165) is 11.1 Å². The summed E-state index contributed by atoms with van der Waals surface area (Å²) in [5, 5.41) is 0. The Kier molecular flexibility index (Phi) is 6.05. The Balaban J connectivity index is 1.45. The van der Waals surface area contributed by atoms with Crippen LogP contribution in [0.1, 0.15) is 27.0 Å². The quantitative estimate of drug-likeness (QED) is 0.472. The Morgan fingerprint density at radius 3 is 2.46 bits per heavy atom. The van der Waals surface area contributed by atoms with Gasteiger partial charge in [-0.15, -0.1) is 0 Å². The second kappa shape index (κ2) is 9.31. The van der Waals surface area contributed by atoms with Crippen molar-refractivity contribution >= 4 is 11.9 Å². The molecule has 2 heterocycles. The van der Waals surface area contributed by atoms with E-state index in [1.165, 1.54) is 26.4 Å². The predicted molar refractivity (Wildman–Crippen MR) is 127 cm³/mol. The summed E-state index contributed by atoms with van der Waals surface area (Å²) in [6.07, 6.45) is 1.63. The minimum absolute atomic E-state index is 0.176. The molecular weight excluding hydrogens is 453 g/mol. The molecule has 0 bridgehead atoms. The van der Waals surface area contributed by atoms with Crippen molar-refractivity contribution in [3.8, 4) is 28.7 Å². The molecular formula is C27H24FNO6. The van der Waals surface area contributed by atoms with Gasteiger partial charge in [0.15, 0.2) is 17.3 Å². The third-order valence-corrected chi connectivity index (χ3v) is 6.02. The maximum atomic E-state index is 13.3. The number of ether oxygens (including phenoxy) is 5. The number of nitrogens with zero attached hydrogens (tertiary/aromatic N) is 1. The molecule has 2 aliphatic heterocycles. The number of hydrogen-bond donors (Lipinski definition) is 0. The van der Waals surface area contributed by atoms with Gasteiger partial charge in [-0.3, -0.25) is 9.69 Å². The van der Waals surface area contributed by atoms with Crippen molar-refractivity contribution in [3.63, 3.8) is 0 Å². The van der Waals surface area contributed by atoms with Gasteiger partial charge in [0.1, 0.15) is 24.0 Å². The second-order valence-corrected chi connectivity index (χ2v) is 8.17. The molecule has 2 aliphatic rings. The molecule has 0 aliphatic carbocycles. The molecule has 5 rings (SSSR count). The zero-order chi connectivity index (χ0) is 24.5. The maximum Gasteiger partial charge on any atom is 0.231 e. The van der Waals surface area contributed by atoms with Crippen molar-refractivity contribution in [2.75, 3.05) is 28.1 Å².